The highest BCUT2D eigenvalue weighted by Gasteiger charge is 2.33. The first kappa shape index (κ1) is 18.2. The normalized spacial score (nSPS) is 16.5. The standard InChI is InChI=1S/C14H23N3O2S.ClH/c1-10-11(2)20-13(19)17(10)8-5-12(18)16-14(9-15)6-3-4-7-14;/h3-9,15H2,1-2H3,(H,16,18);1H. The van der Waals surface area contributed by atoms with Gasteiger partial charge in [0, 0.05) is 30.1 Å². The average Bonchev–Trinajstić information content (AvgIpc) is 2.95. The van der Waals surface area contributed by atoms with Crippen LogP contribution in [0.3, 0.4) is 0 Å². The van der Waals surface area contributed by atoms with E-state index in [1.165, 1.54) is 11.3 Å². The van der Waals surface area contributed by atoms with E-state index in [9.17, 15) is 9.59 Å². The summed E-state index contributed by atoms with van der Waals surface area (Å²) in [4.78, 5) is 24.9. The highest BCUT2D eigenvalue weighted by atomic mass is 35.5. The van der Waals surface area contributed by atoms with Crippen LogP contribution in [-0.2, 0) is 11.3 Å². The summed E-state index contributed by atoms with van der Waals surface area (Å²) >= 11 is 1.24. The topological polar surface area (TPSA) is 77.1 Å². The number of hydrogen-bond acceptors (Lipinski definition) is 4. The van der Waals surface area contributed by atoms with Gasteiger partial charge in [0.2, 0.25) is 5.91 Å². The molecule has 0 aliphatic heterocycles. The maximum absolute atomic E-state index is 12.1. The van der Waals surface area contributed by atoms with E-state index in [-0.39, 0.29) is 28.7 Å². The smallest absolute Gasteiger partial charge is 0.307 e. The Kier molecular flexibility index (Phi) is 6.43. The van der Waals surface area contributed by atoms with Crippen LogP contribution in [0.1, 0.15) is 42.7 Å². The van der Waals surface area contributed by atoms with Crippen molar-refractivity contribution in [1.82, 2.24) is 9.88 Å². The summed E-state index contributed by atoms with van der Waals surface area (Å²) in [5.41, 5.74) is 6.56. The van der Waals surface area contributed by atoms with E-state index in [2.05, 4.69) is 5.32 Å². The quantitative estimate of drug-likeness (QED) is 0.861. The molecule has 1 amide bonds. The number of amides is 1. The van der Waals surface area contributed by atoms with Crippen molar-refractivity contribution in [2.45, 2.75) is 58.0 Å². The average molecular weight is 334 g/mol. The molecule has 21 heavy (non-hydrogen) atoms. The number of hydrogen-bond donors (Lipinski definition) is 2. The van der Waals surface area contributed by atoms with Gasteiger partial charge in [0.25, 0.3) is 0 Å². The molecular weight excluding hydrogens is 310 g/mol. The number of aromatic nitrogens is 1. The number of thiazole rings is 1. The maximum atomic E-state index is 12.1. The second kappa shape index (κ2) is 7.42. The second-order valence-corrected chi connectivity index (χ2v) is 6.82. The molecule has 0 atom stereocenters. The van der Waals surface area contributed by atoms with Crippen molar-refractivity contribution in [3.05, 3.63) is 20.2 Å². The minimum Gasteiger partial charge on any atom is -0.349 e. The second-order valence-electron chi connectivity index (χ2n) is 5.65. The van der Waals surface area contributed by atoms with Gasteiger partial charge in [-0.15, -0.1) is 12.4 Å². The molecule has 1 aliphatic carbocycles. The van der Waals surface area contributed by atoms with Gasteiger partial charge < -0.3 is 15.6 Å². The Hall–Kier alpha value is -0.850. The van der Waals surface area contributed by atoms with Crippen molar-refractivity contribution in [3.8, 4) is 0 Å². The molecule has 0 aromatic carbocycles. The van der Waals surface area contributed by atoms with Gasteiger partial charge in [-0.2, -0.15) is 0 Å². The number of rotatable bonds is 5. The lowest BCUT2D eigenvalue weighted by atomic mass is 9.97. The van der Waals surface area contributed by atoms with Gasteiger partial charge in [-0.25, -0.2) is 0 Å². The molecule has 1 fully saturated rings. The number of nitrogens with one attached hydrogen (secondary N) is 1. The lowest BCUT2D eigenvalue weighted by molar-refractivity contribution is -0.123. The largest absolute Gasteiger partial charge is 0.349 e. The van der Waals surface area contributed by atoms with Crippen molar-refractivity contribution < 1.29 is 4.79 Å². The van der Waals surface area contributed by atoms with Gasteiger partial charge in [0.1, 0.15) is 0 Å². The first-order valence-electron chi connectivity index (χ1n) is 7.15. The molecule has 1 aliphatic rings. The summed E-state index contributed by atoms with van der Waals surface area (Å²) in [6.45, 7) is 4.79. The van der Waals surface area contributed by atoms with Crippen molar-refractivity contribution in [3.63, 3.8) is 0 Å². The van der Waals surface area contributed by atoms with Crippen LogP contribution in [0.2, 0.25) is 0 Å². The molecule has 7 heteroatoms. The third-order valence-corrected chi connectivity index (χ3v) is 5.29. The number of carbonyl (C=O) groups excluding carboxylic acids is 1. The van der Waals surface area contributed by atoms with Gasteiger partial charge in [0.15, 0.2) is 0 Å². The molecule has 1 aromatic heterocycles. The zero-order valence-electron chi connectivity index (χ0n) is 12.6. The number of carbonyl (C=O) groups is 1. The summed E-state index contributed by atoms with van der Waals surface area (Å²) < 4.78 is 1.68. The monoisotopic (exact) mass is 333 g/mol. The van der Waals surface area contributed by atoms with Crippen molar-refractivity contribution >= 4 is 29.7 Å². The molecule has 0 spiro atoms. The zero-order chi connectivity index (χ0) is 14.8. The number of aryl methyl sites for hydroxylation is 1. The third kappa shape index (κ3) is 4.08. The molecule has 0 bridgehead atoms. The van der Waals surface area contributed by atoms with Gasteiger partial charge in [0.05, 0.1) is 5.54 Å². The Morgan fingerprint density at radius 3 is 2.48 bits per heavy atom. The van der Waals surface area contributed by atoms with Crippen molar-refractivity contribution in [1.29, 1.82) is 0 Å². The van der Waals surface area contributed by atoms with Gasteiger partial charge >= 0.3 is 4.87 Å². The minimum atomic E-state index is -0.207. The fraction of sp³-hybridized carbons (Fsp3) is 0.714. The zero-order valence-corrected chi connectivity index (χ0v) is 14.2. The van der Waals surface area contributed by atoms with Crippen LogP contribution >= 0.6 is 23.7 Å². The van der Waals surface area contributed by atoms with E-state index in [0.717, 1.165) is 36.3 Å². The molecular formula is C14H24ClN3O2S. The molecule has 1 saturated carbocycles. The lowest BCUT2D eigenvalue weighted by Gasteiger charge is -2.28. The number of nitrogens with two attached hydrogens (primary N) is 1. The predicted octanol–water partition coefficient (Wildman–Crippen LogP) is 1.73. The van der Waals surface area contributed by atoms with Crippen LogP contribution in [0.25, 0.3) is 0 Å². The molecule has 0 unspecified atom stereocenters. The van der Waals surface area contributed by atoms with E-state index in [1.807, 2.05) is 13.8 Å². The summed E-state index contributed by atoms with van der Waals surface area (Å²) in [5, 5.41) is 3.08. The lowest BCUT2D eigenvalue weighted by Crippen LogP contribution is -2.51. The van der Waals surface area contributed by atoms with Crippen LogP contribution in [0, 0.1) is 13.8 Å². The van der Waals surface area contributed by atoms with Crippen LogP contribution in [0.5, 0.6) is 0 Å². The Bertz CT molecular complexity index is 547. The van der Waals surface area contributed by atoms with Crippen LogP contribution in [0.15, 0.2) is 4.79 Å². The first-order chi connectivity index (χ1) is 9.47. The third-order valence-electron chi connectivity index (χ3n) is 4.29. The molecule has 3 N–H and O–H groups in total. The van der Waals surface area contributed by atoms with Crippen LogP contribution in [0.4, 0.5) is 0 Å². The van der Waals surface area contributed by atoms with E-state index < -0.39 is 0 Å². The minimum absolute atomic E-state index is 0. The van der Waals surface area contributed by atoms with Crippen molar-refractivity contribution in [2.75, 3.05) is 6.54 Å². The highest BCUT2D eigenvalue weighted by Crippen LogP contribution is 2.28. The van der Waals surface area contributed by atoms with E-state index in [1.54, 1.807) is 4.57 Å². The van der Waals surface area contributed by atoms with E-state index >= 15 is 0 Å². The molecule has 120 valence electrons. The fourth-order valence-electron chi connectivity index (χ4n) is 2.85. The van der Waals surface area contributed by atoms with Gasteiger partial charge in [-0.05, 0) is 26.7 Å². The van der Waals surface area contributed by atoms with Crippen LogP contribution < -0.4 is 15.9 Å². The first-order valence-corrected chi connectivity index (χ1v) is 7.97. The maximum Gasteiger partial charge on any atom is 0.307 e. The van der Waals surface area contributed by atoms with E-state index in [0.29, 0.717) is 19.5 Å². The summed E-state index contributed by atoms with van der Waals surface area (Å²) in [7, 11) is 0. The Labute approximate surface area is 135 Å². The molecule has 1 heterocycles. The molecule has 2 rings (SSSR count). The molecule has 0 saturated heterocycles. The van der Waals surface area contributed by atoms with Gasteiger partial charge in [-0.3, -0.25) is 9.59 Å². The van der Waals surface area contributed by atoms with E-state index in [4.69, 9.17) is 5.73 Å². The molecule has 0 radical (unpaired) electrons. The van der Waals surface area contributed by atoms with Crippen molar-refractivity contribution in [2.24, 2.45) is 5.73 Å². The summed E-state index contributed by atoms with van der Waals surface area (Å²) in [5.74, 6) is -0.00694. The SMILES string of the molecule is Cc1sc(=O)n(CCC(=O)NC2(CN)CCCC2)c1C.Cl. The van der Waals surface area contributed by atoms with Crippen LogP contribution in [-0.4, -0.2) is 22.6 Å². The number of halogens is 1. The predicted molar refractivity (Wildman–Crippen MR) is 88.3 cm³/mol. The summed E-state index contributed by atoms with van der Waals surface area (Å²) in [6.07, 6.45) is 4.51. The Morgan fingerprint density at radius 1 is 1.38 bits per heavy atom. The summed E-state index contributed by atoms with van der Waals surface area (Å²) in [6, 6.07) is 0. The highest BCUT2D eigenvalue weighted by molar-refractivity contribution is 7.09. The van der Waals surface area contributed by atoms with Gasteiger partial charge in [-0.1, -0.05) is 24.2 Å². The Balaban J connectivity index is 0.00000220. The molecule has 5 nitrogen and oxygen atoms in total. The number of nitrogens with zero attached hydrogens (tertiary/aromatic N) is 1. The fourth-order valence-corrected chi connectivity index (χ4v) is 3.71. The Morgan fingerprint density at radius 2 is 2.00 bits per heavy atom. The molecule has 1 aromatic rings.